The van der Waals surface area contributed by atoms with E-state index >= 15 is 0 Å². The van der Waals surface area contributed by atoms with Crippen molar-refractivity contribution >= 4 is 11.6 Å². The second-order valence-electron chi connectivity index (χ2n) is 4.25. The van der Waals surface area contributed by atoms with Crippen LogP contribution in [-0.2, 0) is 4.74 Å². The Morgan fingerprint density at radius 2 is 2.19 bits per heavy atom. The Kier molecular flexibility index (Phi) is 6.54. The van der Waals surface area contributed by atoms with Crippen LogP contribution in [0.5, 0.6) is 0 Å². The Morgan fingerprint density at radius 1 is 1.44 bits per heavy atom. The molecule has 2 atom stereocenters. The van der Waals surface area contributed by atoms with Gasteiger partial charge in [-0.25, -0.2) is 8.78 Å². The molecule has 0 aromatic rings. The van der Waals surface area contributed by atoms with Crippen LogP contribution in [0.3, 0.4) is 0 Å². The SMILES string of the molecule is COC1CCCC(N(CCCl)CC(F)F)C1. The smallest absolute Gasteiger partial charge is 0.251 e. The lowest BCUT2D eigenvalue weighted by Crippen LogP contribution is -2.43. The third-order valence-electron chi connectivity index (χ3n) is 3.19. The van der Waals surface area contributed by atoms with Gasteiger partial charge < -0.3 is 4.74 Å². The topological polar surface area (TPSA) is 12.5 Å². The number of ether oxygens (including phenoxy) is 1. The zero-order valence-corrected chi connectivity index (χ0v) is 10.4. The highest BCUT2D eigenvalue weighted by molar-refractivity contribution is 6.18. The van der Waals surface area contributed by atoms with Crippen LogP contribution >= 0.6 is 11.6 Å². The number of rotatable bonds is 6. The van der Waals surface area contributed by atoms with Crippen LogP contribution < -0.4 is 0 Å². The zero-order valence-electron chi connectivity index (χ0n) is 9.67. The lowest BCUT2D eigenvalue weighted by Gasteiger charge is -2.36. The number of alkyl halides is 3. The highest BCUT2D eigenvalue weighted by Gasteiger charge is 2.27. The van der Waals surface area contributed by atoms with Gasteiger partial charge in [-0.2, -0.15) is 0 Å². The molecule has 0 spiro atoms. The Balaban J connectivity index is 2.48. The van der Waals surface area contributed by atoms with Gasteiger partial charge in [0.05, 0.1) is 12.6 Å². The molecule has 96 valence electrons. The second kappa shape index (κ2) is 7.41. The molecule has 0 aromatic carbocycles. The molecule has 2 nitrogen and oxygen atoms in total. The predicted molar refractivity (Wildman–Crippen MR) is 61.4 cm³/mol. The largest absolute Gasteiger partial charge is 0.381 e. The van der Waals surface area contributed by atoms with Crippen molar-refractivity contribution < 1.29 is 13.5 Å². The molecule has 0 radical (unpaired) electrons. The number of hydrogen-bond donors (Lipinski definition) is 0. The van der Waals surface area contributed by atoms with Gasteiger partial charge in [-0.3, -0.25) is 4.90 Å². The molecular weight excluding hydrogens is 236 g/mol. The number of methoxy groups -OCH3 is 1. The molecular formula is C11H20ClF2NO. The summed E-state index contributed by atoms with van der Waals surface area (Å²) in [5.74, 6) is 0.404. The van der Waals surface area contributed by atoms with E-state index in [4.69, 9.17) is 16.3 Å². The molecule has 0 bridgehead atoms. The van der Waals surface area contributed by atoms with Crippen molar-refractivity contribution in [3.8, 4) is 0 Å². The third kappa shape index (κ3) is 4.52. The molecule has 5 heteroatoms. The zero-order chi connectivity index (χ0) is 12.0. The van der Waals surface area contributed by atoms with Gasteiger partial charge in [0.2, 0.25) is 0 Å². The van der Waals surface area contributed by atoms with Crippen molar-refractivity contribution in [3.05, 3.63) is 0 Å². The molecule has 0 heterocycles. The standard InChI is InChI=1S/C11H20ClF2NO/c1-16-10-4-2-3-9(7-10)15(6-5-12)8-11(13)14/h9-11H,2-8H2,1H3. The number of halogens is 3. The summed E-state index contributed by atoms with van der Waals surface area (Å²) in [5, 5.41) is 0. The summed E-state index contributed by atoms with van der Waals surface area (Å²) in [6.07, 6.45) is 1.84. The first-order valence-electron chi connectivity index (χ1n) is 5.78. The molecule has 1 rings (SSSR count). The lowest BCUT2D eigenvalue weighted by atomic mass is 9.91. The Hall–Kier alpha value is 0.0700. The average molecular weight is 256 g/mol. The molecule has 0 amide bonds. The number of nitrogens with zero attached hydrogens (tertiary/aromatic N) is 1. The number of hydrogen-bond acceptors (Lipinski definition) is 2. The van der Waals surface area contributed by atoms with Crippen molar-refractivity contribution in [1.82, 2.24) is 4.90 Å². The molecule has 0 N–H and O–H groups in total. The lowest BCUT2D eigenvalue weighted by molar-refractivity contribution is 0.00827. The van der Waals surface area contributed by atoms with Crippen LogP contribution in [0.25, 0.3) is 0 Å². The molecule has 1 fully saturated rings. The fourth-order valence-electron chi connectivity index (χ4n) is 2.37. The summed E-state index contributed by atoms with van der Waals surface area (Å²) in [6, 6.07) is 0.200. The third-order valence-corrected chi connectivity index (χ3v) is 3.36. The van der Waals surface area contributed by atoms with Gasteiger partial charge in [-0.1, -0.05) is 0 Å². The minimum atomic E-state index is -2.29. The second-order valence-corrected chi connectivity index (χ2v) is 4.63. The Morgan fingerprint density at radius 3 is 2.75 bits per heavy atom. The van der Waals surface area contributed by atoms with E-state index in [1.807, 2.05) is 4.90 Å². The van der Waals surface area contributed by atoms with Crippen molar-refractivity contribution in [3.63, 3.8) is 0 Å². The van der Waals surface area contributed by atoms with Gasteiger partial charge >= 0.3 is 0 Å². The first-order valence-corrected chi connectivity index (χ1v) is 6.31. The van der Waals surface area contributed by atoms with Crippen molar-refractivity contribution in [2.45, 2.75) is 44.3 Å². The highest BCUT2D eigenvalue weighted by Crippen LogP contribution is 2.25. The van der Waals surface area contributed by atoms with Gasteiger partial charge in [0.1, 0.15) is 0 Å². The monoisotopic (exact) mass is 255 g/mol. The van der Waals surface area contributed by atoms with Gasteiger partial charge in [0.15, 0.2) is 0 Å². The fourth-order valence-corrected chi connectivity index (χ4v) is 2.59. The maximum Gasteiger partial charge on any atom is 0.251 e. The normalized spacial score (nSPS) is 26.6. The van der Waals surface area contributed by atoms with Crippen LogP contribution in [0.15, 0.2) is 0 Å². The summed E-state index contributed by atoms with van der Waals surface area (Å²) in [7, 11) is 1.69. The van der Waals surface area contributed by atoms with E-state index in [1.54, 1.807) is 7.11 Å². The van der Waals surface area contributed by atoms with Crippen LogP contribution in [-0.4, -0.2) is 49.6 Å². The van der Waals surface area contributed by atoms with Crippen LogP contribution in [0.4, 0.5) is 8.78 Å². The van der Waals surface area contributed by atoms with Crippen molar-refractivity contribution in [2.75, 3.05) is 26.1 Å². The molecule has 2 unspecified atom stereocenters. The summed E-state index contributed by atoms with van der Waals surface area (Å²) < 4.78 is 30.2. The van der Waals surface area contributed by atoms with E-state index in [0.717, 1.165) is 25.7 Å². The molecule has 0 aliphatic heterocycles. The maximum atomic E-state index is 12.4. The van der Waals surface area contributed by atoms with Gasteiger partial charge in [0, 0.05) is 25.6 Å². The minimum absolute atomic E-state index is 0.173. The molecule has 0 saturated heterocycles. The Labute approximate surface area is 101 Å². The van der Waals surface area contributed by atoms with Gasteiger partial charge in [-0.15, -0.1) is 11.6 Å². The van der Waals surface area contributed by atoms with Gasteiger partial charge in [0.25, 0.3) is 6.43 Å². The quantitative estimate of drug-likeness (QED) is 0.677. The Bertz CT molecular complexity index is 195. The first kappa shape index (κ1) is 14.1. The first-order chi connectivity index (χ1) is 7.67. The van der Waals surface area contributed by atoms with Gasteiger partial charge in [-0.05, 0) is 25.7 Å². The van der Waals surface area contributed by atoms with E-state index in [1.165, 1.54) is 0 Å². The summed E-state index contributed by atoms with van der Waals surface area (Å²) in [6.45, 7) is 0.362. The van der Waals surface area contributed by atoms with Crippen LogP contribution in [0.2, 0.25) is 0 Å². The summed E-state index contributed by atoms with van der Waals surface area (Å²) in [5.41, 5.74) is 0. The van der Waals surface area contributed by atoms with Crippen molar-refractivity contribution in [2.24, 2.45) is 0 Å². The van der Waals surface area contributed by atoms with E-state index < -0.39 is 6.43 Å². The molecule has 1 aliphatic carbocycles. The van der Waals surface area contributed by atoms with E-state index in [2.05, 4.69) is 0 Å². The summed E-state index contributed by atoms with van der Waals surface area (Å²) >= 11 is 5.65. The molecule has 1 aliphatic rings. The minimum Gasteiger partial charge on any atom is -0.381 e. The molecule has 16 heavy (non-hydrogen) atoms. The van der Waals surface area contributed by atoms with E-state index in [9.17, 15) is 8.78 Å². The maximum absolute atomic E-state index is 12.4. The van der Waals surface area contributed by atoms with Crippen LogP contribution in [0, 0.1) is 0 Å². The summed E-state index contributed by atoms with van der Waals surface area (Å²) in [4.78, 5) is 1.81. The van der Waals surface area contributed by atoms with E-state index in [-0.39, 0.29) is 18.7 Å². The average Bonchev–Trinajstić information content (AvgIpc) is 2.28. The van der Waals surface area contributed by atoms with E-state index in [0.29, 0.717) is 12.4 Å². The highest BCUT2D eigenvalue weighted by atomic mass is 35.5. The molecule has 0 aromatic heterocycles. The molecule has 1 saturated carbocycles. The van der Waals surface area contributed by atoms with Crippen molar-refractivity contribution in [1.29, 1.82) is 0 Å². The van der Waals surface area contributed by atoms with Crippen LogP contribution in [0.1, 0.15) is 25.7 Å². The predicted octanol–water partition coefficient (Wildman–Crippen LogP) is 2.75. The fraction of sp³-hybridized carbons (Fsp3) is 1.00.